The molecule has 3 nitrogen and oxygen atoms in total. The van der Waals surface area contributed by atoms with Gasteiger partial charge in [0.05, 0.1) is 7.11 Å². The van der Waals surface area contributed by atoms with Crippen LogP contribution >= 0.6 is 0 Å². The molecule has 0 saturated carbocycles. The lowest BCUT2D eigenvalue weighted by atomic mass is 9.76. The van der Waals surface area contributed by atoms with Crippen molar-refractivity contribution in [2.24, 2.45) is 11.8 Å². The Morgan fingerprint density at radius 3 is 2.81 bits per heavy atom. The standard InChI is InChI=1S/C18H24N2O/c1-3-15-13-20-9-8-16(15)10-17(20)12-19-11-14-4-6-18(21-2)7-5-14/h1,4-7,15-17,19H,8-13H2,2H3/t15-,16+,17-/m0/s1. The van der Waals surface area contributed by atoms with E-state index in [9.17, 15) is 0 Å². The second kappa shape index (κ2) is 6.51. The van der Waals surface area contributed by atoms with Crippen LogP contribution in [0.2, 0.25) is 0 Å². The number of terminal acetylenes is 1. The van der Waals surface area contributed by atoms with Gasteiger partial charge in [-0.3, -0.25) is 4.90 Å². The third-order valence-electron chi connectivity index (χ3n) is 4.96. The maximum absolute atomic E-state index is 5.63. The molecule has 3 aliphatic rings. The number of fused-ring (bicyclic) bond motifs is 3. The first kappa shape index (κ1) is 14.4. The molecule has 0 aromatic heterocycles. The highest BCUT2D eigenvalue weighted by atomic mass is 16.5. The number of hydrogen-bond acceptors (Lipinski definition) is 3. The van der Waals surface area contributed by atoms with Crippen LogP contribution in [0, 0.1) is 24.2 Å². The zero-order valence-electron chi connectivity index (χ0n) is 12.7. The van der Waals surface area contributed by atoms with Crippen LogP contribution in [0.5, 0.6) is 5.75 Å². The summed E-state index contributed by atoms with van der Waals surface area (Å²) in [6.45, 7) is 4.28. The SMILES string of the molecule is C#C[C@H]1CN2CC[C@@H]1C[C@H]2CNCc1ccc(OC)cc1. The van der Waals surface area contributed by atoms with Gasteiger partial charge in [-0.15, -0.1) is 12.3 Å². The Balaban J connectivity index is 1.47. The summed E-state index contributed by atoms with van der Waals surface area (Å²) in [7, 11) is 1.70. The number of methoxy groups -OCH3 is 1. The van der Waals surface area contributed by atoms with Crippen LogP contribution in [0.15, 0.2) is 24.3 Å². The Bertz CT molecular complexity index is 505. The Morgan fingerprint density at radius 1 is 1.38 bits per heavy atom. The Morgan fingerprint density at radius 2 is 2.19 bits per heavy atom. The smallest absolute Gasteiger partial charge is 0.118 e. The Labute approximate surface area is 127 Å². The molecular formula is C18H24N2O. The topological polar surface area (TPSA) is 24.5 Å². The van der Waals surface area contributed by atoms with Gasteiger partial charge in [0.1, 0.15) is 5.75 Å². The molecule has 0 radical (unpaired) electrons. The van der Waals surface area contributed by atoms with Crippen molar-refractivity contribution >= 4 is 0 Å². The third-order valence-corrected chi connectivity index (χ3v) is 4.96. The molecule has 112 valence electrons. The number of nitrogens with one attached hydrogen (secondary N) is 1. The molecule has 1 unspecified atom stereocenters. The van der Waals surface area contributed by atoms with E-state index in [1.54, 1.807) is 7.11 Å². The average Bonchev–Trinajstić information content (AvgIpc) is 2.56. The van der Waals surface area contributed by atoms with E-state index in [0.717, 1.165) is 31.3 Å². The molecule has 4 rings (SSSR count). The zero-order valence-corrected chi connectivity index (χ0v) is 12.7. The molecule has 1 N–H and O–H groups in total. The van der Waals surface area contributed by atoms with Crippen LogP contribution in [-0.2, 0) is 6.54 Å². The van der Waals surface area contributed by atoms with E-state index < -0.39 is 0 Å². The lowest BCUT2D eigenvalue weighted by Crippen LogP contribution is -2.55. The predicted molar refractivity (Wildman–Crippen MR) is 85.1 cm³/mol. The van der Waals surface area contributed by atoms with E-state index in [-0.39, 0.29) is 0 Å². The molecule has 3 heteroatoms. The van der Waals surface area contributed by atoms with Crippen molar-refractivity contribution in [3.8, 4) is 18.1 Å². The summed E-state index contributed by atoms with van der Waals surface area (Å²) < 4.78 is 5.18. The predicted octanol–water partition coefficient (Wildman–Crippen LogP) is 2.13. The van der Waals surface area contributed by atoms with E-state index in [1.807, 2.05) is 12.1 Å². The van der Waals surface area contributed by atoms with Crippen molar-refractivity contribution in [3.63, 3.8) is 0 Å². The highest BCUT2D eigenvalue weighted by molar-refractivity contribution is 5.27. The monoisotopic (exact) mass is 284 g/mol. The number of hydrogen-bond donors (Lipinski definition) is 1. The van der Waals surface area contributed by atoms with Crippen LogP contribution < -0.4 is 10.1 Å². The van der Waals surface area contributed by atoms with Gasteiger partial charge in [0.25, 0.3) is 0 Å². The van der Waals surface area contributed by atoms with Gasteiger partial charge in [-0.1, -0.05) is 12.1 Å². The second-order valence-corrected chi connectivity index (χ2v) is 6.19. The molecule has 2 bridgehead atoms. The van der Waals surface area contributed by atoms with Gasteiger partial charge in [0, 0.05) is 31.6 Å². The average molecular weight is 284 g/mol. The molecule has 3 aliphatic heterocycles. The fraction of sp³-hybridized carbons (Fsp3) is 0.556. The van der Waals surface area contributed by atoms with Gasteiger partial charge in [-0.05, 0) is 43.0 Å². The van der Waals surface area contributed by atoms with Crippen LogP contribution in [0.1, 0.15) is 18.4 Å². The largest absolute Gasteiger partial charge is 0.497 e. The minimum atomic E-state index is 0.483. The van der Waals surface area contributed by atoms with E-state index in [2.05, 4.69) is 28.3 Å². The van der Waals surface area contributed by atoms with E-state index in [1.165, 1.54) is 24.9 Å². The molecule has 1 aromatic rings. The summed E-state index contributed by atoms with van der Waals surface area (Å²) in [6.07, 6.45) is 8.17. The summed E-state index contributed by atoms with van der Waals surface area (Å²) in [5.74, 6) is 5.11. The van der Waals surface area contributed by atoms with Crippen molar-refractivity contribution in [3.05, 3.63) is 29.8 Å². The normalized spacial score (nSPS) is 30.9. The van der Waals surface area contributed by atoms with Crippen molar-refractivity contribution in [1.29, 1.82) is 0 Å². The first-order valence-corrected chi connectivity index (χ1v) is 7.84. The molecular weight excluding hydrogens is 260 g/mol. The summed E-state index contributed by atoms with van der Waals surface area (Å²) in [5, 5.41) is 3.59. The molecule has 3 saturated heterocycles. The van der Waals surface area contributed by atoms with Gasteiger partial charge in [0.15, 0.2) is 0 Å². The number of rotatable bonds is 5. The first-order valence-electron chi connectivity index (χ1n) is 7.84. The summed E-state index contributed by atoms with van der Waals surface area (Å²) >= 11 is 0. The van der Waals surface area contributed by atoms with E-state index >= 15 is 0 Å². The van der Waals surface area contributed by atoms with Crippen LogP contribution in [-0.4, -0.2) is 37.7 Å². The molecule has 1 aromatic carbocycles. The Hall–Kier alpha value is -1.50. The van der Waals surface area contributed by atoms with Gasteiger partial charge >= 0.3 is 0 Å². The number of piperidine rings is 3. The quantitative estimate of drug-likeness (QED) is 0.838. The second-order valence-electron chi connectivity index (χ2n) is 6.19. The number of ether oxygens (including phenoxy) is 1. The highest BCUT2D eigenvalue weighted by Gasteiger charge is 2.38. The molecule has 0 aliphatic carbocycles. The summed E-state index contributed by atoms with van der Waals surface area (Å²) in [6, 6.07) is 8.92. The molecule has 3 heterocycles. The molecule has 0 amide bonds. The summed E-state index contributed by atoms with van der Waals surface area (Å²) in [5.41, 5.74) is 1.30. The Kier molecular flexibility index (Phi) is 4.48. The fourth-order valence-corrected chi connectivity index (χ4v) is 3.67. The van der Waals surface area contributed by atoms with Crippen molar-refractivity contribution in [2.45, 2.75) is 25.4 Å². The minimum absolute atomic E-state index is 0.483. The van der Waals surface area contributed by atoms with E-state index in [4.69, 9.17) is 11.2 Å². The highest BCUT2D eigenvalue weighted by Crippen LogP contribution is 2.35. The van der Waals surface area contributed by atoms with Gasteiger partial charge in [-0.2, -0.15) is 0 Å². The van der Waals surface area contributed by atoms with E-state index in [0.29, 0.717) is 12.0 Å². The molecule has 3 fully saturated rings. The van der Waals surface area contributed by atoms with Gasteiger partial charge in [-0.25, -0.2) is 0 Å². The lowest BCUT2D eigenvalue weighted by molar-refractivity contribution is 0.0227. The molecule has 0 spiro atoms. The third kappa shape index (κ3) is 3.23. The van der Waals surface area contributed by atoms with Crippen molar-refractivity contribution in [1.82, 2.24) is 10.2 Å². The fourth-order valence-electron chi connectivity index (χ4n) is 3.67. The van der Waals surface area contributed by atoms with Gasteiger partial charge < -0.3 is 10.1 Å². The van der Waals surface area contributed by atoms with Crippen LogP contribution in [0.4, 0.5) is 0 Å². The van der Waals surface area contributed by atoms with Crippen LogP contribution in [0.3, 0.4) is 0 Å². The van der Waals surface area contributed by atoms with Crippen LogP contribution in [0.25, 0.3) is 0 Å². The zero-order chi connectivity index (χ0) is 14.7. The lowest BCUT2D eigenvalue weighted by Gasteiger charge is -2.48. The van der Waals surface area contributed by atoms with Gasteiger partial charge in [0.2, 0.25) is 0 Å². The number of benzene rings is 1. The van der Waals surface area contributed by atoms with Crippen molar-refractivity contribution in [2.75, 3.05) is 26.7 Å². The minimum Gasteiger partial charge on any atom is -0.497 e. The molecule has 4 atom stereocenters. The first-order chi connectivity index (χ1) is 10.3. The maximum atomic E-state index is 5.63. The molecule has 21 heavy (non-hydrogen) atoms. The van der Waals surface area contributed by atoms with Crippen molar-refractivity contribution < 1.29 is 4.74 Å². The maximum Gasteiger partial charge on any atom is 0.118 e. The number of nitrogens with zero attached hydrogens (tertiary/aromatic N) is 1. The summed E-state index contributed by atoms with van der Waals surface area (Å²) in [4.78, 5) is 2.57.